The number of anilines is 2. The Labute approximate surface area is 138 Å². The van der Waals surface area contributed by atoms with Gasteiger partial charge in [0.15, 0.2) is 0 Å². The number of nitrogens with zero attached hydrogens (tertiary/aromatic N) is 3. The van der Waals surface area contributed by atoms with Gasteiger partial charge in [0.2, 0.25) is 5.95 Å². The van der Waals surface area contributed by atoms with Crippen LogP contribution in [0.15, 0.2) is 24.3 Å². The molecule has 1 aromatic carbocycles. The van der Waals surface area contributed by atoms with Gasteiger partial charge < -0.3 is 15.5 Å². The predicted molar refractivity (Wildman–Crippen MR) is 87.3 cm³/mol. The number of amides is 1. The first-order valence-corrected chi connectivity index (χ1v) is 7.36. The number of likely N-dealkylation sites (N-methyl/N-ethyl adjacent to an activating group) is 1. The quantitative estimate of drug-likeness (QED) is 0.846. The summed E-state index contributed by atoms with van der Waals surface area (Å²) >= 11 is 0. The minimum Gasteiger partial charge on any atom is -0.349 e. The zero-order valence-corrected chi connectivity index (χ0v) is 13.7. The van der Waals surface area contributed by atoms with Crippen LogP contribution in [-0.4, -0.2) is 48.0 Å². The van der Waals surface area contributed by atoms with Crippen LogP contribution in [-0.2, 0) is 0 Å². The van der Waals surface area contributed by atoms with Gasteiger partial charge in [-0.15, -0.1) is 0 Å². The molecule has 0 saturated carbocycles. The smallest absolute Gasteiger partial charge is 0.270 e. The van der Waals surface area contributed by atoms with E-state index in [0.29, 0.717) is 18.8 Å². The van der Waals surface area contributed by atoms with Crippen molar-refractivity contribution in [1.82, 2.24) is 20.2 Å². The standard InChI is InChI=1S/C16H19F2N5O/c1-10-8-14(15(24)19-6-7-23(2)3)22-16(20-10)21-13-5-4-11(17)9-12(13)18/h4-5,8-9H,6-7H2,1-3H3,(H,19,24)(H,20,21,22). The van der Waals surface area contributed by atoms with E-state index in [2.05, 4.69) is 20.6 Å². The van der Waals surface area contributed by atoms with E-state index in [1.54, 1.807) is 6.92 Å². The van der Waals surface area contributed by atoms with Crippen molar-refractivity contribution in [2.45, 2.75) is 6.92 Å². The highest BCUT2D eigenvalue weighted by molar-refractivity contribution is 5.92. The summed E-state index contributed by atoms with van der Waals surface area (Å²) in [7, 11) is 3.81. The molecular formula is C16H19F2N5O. The highest BCUT2D eigenvalue weighted by Gasteiger charge is 2.12. The van der Waals surface area contributed by atoms with E-state index >= 15 is 0 Å². The van der Waals surface area contributed by atoms with Crippen LogP contribution < -0.4 is 10.6 Å². The summed E-state index contributed by atoms with van der Waals surface area (Å²) in [6, 6.07) is 4.66. The summed E-state index contributed by atoms with van der Waals surface area (Å²) in [5.41, 5.74) is 0.750. The zero-order valence-electron chi connectivity index (χ0n) is 13.7. The molecule has 128 valence electrons. The van der Waals surface area contributed by atoms with Crippen LogP contribution >= 0.6 is 0 Å². The van der Waals surface area contributed by atoms with Crippen LogP contribution in [0, 0.1) is 18.6 Å². The molecule has 0 aliphatic carbocycles. The molecule has 1 aromatic heterocycles. The van der Waals surface area contributed by atoms with E-state index in [4.69, 9.17) is 0 Å². The fraction of sp³-hybridized carbons (Fsp3) is 0.312. The van der Waals surface area contributed by atoms with Crippen LogP contribution in [0.5, 0.6) is 0 Å². The van der Waals surface area contributed by atoms with Gasteiger partial charge in [-0.3, -0.25) is 4.79 Å². The van der Waals surface area contributed by atoms with Crippen LogP contribution in [0.4, 0.5) is 20.4 Å². The van der Waals surface area contributed by atoms with Gasteiger partial charge >= 0.3 is 0 Å². The molecular weight excluding hydrogens is 316 g/mol. The molecule has 0 spiro atoms. The molecule has 8 heteroatoms. The van der Waals surface area contributed by atoms with Crippen molar-refractivity contribution in [1.29, 1.82) is 0 Å². The van der Waals surface area contributed by atoms with Crippen LogP contribution in [0.3, 0.4) is 0 Å². The number of nitrogens with one attached hydrogen (secondary N) is 2. The molecule has 0 unspecified atom stereocenters. The molecule has 2 aromatic rings. The van der Waals surface area contributed by atoms with E-state index in [0.717, 1.165) is 12.1 Å². The lowest BCUT2D eigenvalue weighted by Gasteiger charge is -2.11. The second-order valence-corrected chi connectivity index (χ2v) is 5.53. The summed E-state index contributed by atoms with van der Waals surface area (Å²) in [6.07, 6.45) is 0. The third kappa shape index (κ3) is 4.95. The SMILES string of the molecule is Cc1cc(C(=O)NCCN(C)C)nc(Nc2ccc(F)cc2F)n1. The molecule has 0 bridgehead atoms. The van der Waals surface area contributed by atoms with Gasteiger partial charge in [-0.1, -0.05) is 0 Å². The lowest BCUT2D eigenvalue weighted by molar-refractivity contribution is 0.0946. The highest BCUT2D eigenvalue weighted by Crippen LogP contribution is 2.18. The summed E-state index contributed by atoms with van der Waals surface area (Å²) < 4.78 is 26.6. The summed E-state index contributed by atoms with van der Waals surface area (Å²) in [6.45, 7) is 2.87. The summed E-state index contributed by atoms with van der Waals surface area (Å²) in [5.74, 6) is -1.72. The largest absolute Gasteiger partial charge is 0.349 e. The topological polar surface area (TPSA) is 70.2 Å². The number of aromatic nitrogens is 2. The first-order chi connectivity index (χ1) is 11.3. The number of halogens is 2. The van der Waals surface area contributed by atoms with Gasteiger partial charge in [0.25, 0.3) is 5.91 Å². The van der Waals surface area contributed by atoms with Crippen molar-refractivity contribution in [3.8, 4) is 0 Å². The van der Waals surface area contributed by atoms with Gasteiger partial charge in [-0.05, 0) is 39.2 Å². The molecule has 1 amide bonds. The van der Waals surface area contributed by atoms with Crippen LogP contribution in [0.25, 0.3) is 0 Å². The fourth-order valence-corrected chi connectivity index (χ4v) is 1.94. The molecule has 2 rings (SSSR count). The minimum atomic E-state index is -0.767. The van der Waals surface area contributed by atoms with Crippen molar-refractivity contribution < 1.29 is 13.6 Å². The number of hydrogen-bond acceptors (Lipinski definition) is 5. The Bertz CT molecular complexity index is 736. The third-order valence-electron chi connectivity index (χ3n) is 3.11. The van der Waals surface area contributed by atoms with Gasteiger partial charge in [-0.2, -0.15) is 0 Å². The number of aryl methyl sites for hydroxylation is 1. The molecule has 24 heavy (non-hydrogen) atoms. The number of carbonyl (C=O) groups excluding carboxylic acids is 1. The Balaban J connectivity index is 2.14. The minimum absolute atomic E-state index is 0.0287. The maximum atomic E-state index is 13.7. The van der Waals surface area contributed by atoms with E-state index in [-0.39, 0.29) is 23.2 Å². The Hall–Kier alpha value is -2.61. The second kappa shape index (κ2) is 7.78. The molecule has 0 aliphatic heterocycles. The monoisotopic (exact) mass is 335 g/mol. The molecule has 6 nitrogen and oxygen atoms in total. The average molecular weight is 335 g/mol. The van der Waals surface area contributed by atoms with Crippen molar-refractivity contribution in [2.24, 2.45) is 0 Å². The van der Waals surface area contributed by atoms with E-state index in [1.807, 2.05) is 19.0 Å². The Morgan fingerprint density at radius 3 is 2.62 bits per heavy atom. The second-order valence-electron chi connectivity index (χ2n) is 5.53. The predicted octanol–water partition coefficient (Wildman–Crippen LogP) is 2.10. The maximum absolute atomic E-state index is 13.7. The first kappa shape index (κ1) is 17.7. The van der Waals surface area contributed by atoms with Crippen LogP contribution in [0.2, 0.25) is 0 Å². The summed E-state index contributed by atoms with van der Waals surface area (Å²) in [5, 5.41) is 5.40. The van der Waals surface area contributed by atoms with Crippen molar-refractivity contribution in [3.63, 3.8) is 0 Å². The van der Waals surface area contributed by atoms with Gasteiger partial charge in [0.1, 0.15) is 17.3 Å². The van der Waals surface area contributed by atoms with Crippen molar-refractivity contribution >= 4 is 17.5 Å². The lowest BCUT2D eigenvalue weighted by Crippen LogP contribution is -2.32. The number of hydrogen-bond donors (Lipinski definition) is 2. The van der Waals surface area contributed by atoms with Gasteiger partial charge in [-0.25, -0.2) is 18.7 Å². The molecule has 1 heterocycles. The fourth-order valence-electron chi connectivity index (χ4n) is 1.94. The first-order valence-electron chi connectivity index (χ1n) is 7.36. The molecule has 0 aliphatic rings. The Morgan fingerprint density at radius 2 is 1.96 bits per heavy atom. The normalized spacial score (nSPS) is 10.8. The average Bonchev–Trinajstić information content (AvgIpc) is 2.49. The van der Waals surface area contributed by atoms with E-state index < -0.39 is 11.6 Å². The van der Waals surface area contributed by atoms with E-state index in [1.165, 1.54) is 12.1 Å². The zero-order chi connectivity index (χ0) is 17.7. The summed E-state index contributed by atoms with van der Waals surface area (Å²) in [4.78, 5) is 22.3. The molecule has 0 radical (unpaired) electrons. The van der Waals surface area contributed by atoms with Gasteiger partial charge in [0, 0.05) is 24.8 Å². The van der Waals surface area contributed by atoms with Gasteiger partial charge in [0.05, 0.1) is 5.69 Å². The lowest BCUT2D eigenvalue weighted by atomic mass is 10.3. The maximum Gasteiger partial charge on any atom is 0.270 e. The Kier molecular flexibility index (Phi) is 5.75. The molecule has 0 saturated heterocycles. The number of rotatable bonds is 6. The third-order valence-corrected chi connectivity index (χ3v) is 3.11. The van der Waals surface area contributed by atoms with Crippen LogP contribution in [0.1, 0.15) is 16.2 Å². The molecule has 0 atom stereocenters. The van der Waals surface area contributed by atoms with Crippen molar-refractivity contribution in [3.05, 3.63) is 47.3 Å². The molecule has 2 N–H and O–H groups in total. The number of benzene rings is 1. The van der Waals surface area contributed by atoms with Crippen molar-refractivity contribution in [2.75, 3.05) is 32.5 Å². The van der Waals surface area contributed by atoms with E-state index in [9.17, 15) is 13.6 Å². The molecule has 0 fully saturated rings. The highest BCUT2D eigenvalue weighted by atomic mass is 19.1. The Morgan fingerprint density at radius 1 is 1.21 bits per heavy atom. The number of carbonyl (C=O) groups is 1.